The van der Waals surface area contributed by atoms with Crippen molar-refractivity contribution in [1.29, 1.82) is 0 Å². The summed E-state index contributed by atoms with van der Waals surface area (Å²) in [5.74, 6) is 1.11. The van der Waals surface area contributed by atoms with Gasteiger partial charge in [0.05, 0.1) is 14.2 Å². The second-order valence-corrected chi connectivity index (χ2v) is 5.62. The minimum atomic E-state index is -0.149. The van der Waals surface area contributed by atoms with Crippen LogP contribution >= 0.6 is 11.8 Å². The maximum atomic E-state index is 12.5. The topological polar surface area (TPSA) is 47.6 Å². The fourth-order valence-electron chi connectivity index (χ4n) is 2.05. The molecule has 0 heterocycles. The van der Waals surface area contributed by atoms with Gasteiger partial charge in [-0.15, -0.1) is 11.8 Å². The van der Waals surface area contributed by atoms with Crippen molar-refractivity contribution < 1.29 is 14.3 Å². The van der Waals surface area contributed by atoms with E-state index in [1.54, 1.807) is 44.2 Å². The summed E-state index contributed by atoms with van der Waals surface area (Å²) in [4.78, 5) is 13.6. The third-order valence-corrected chi connectivity index (χ3v) is 4.02. The predicted octanol–water partition coefficient (Wildman–Crippen LogP) is 3.99. The Bertz CT molecular complexity index is 663. The van der Waals surface area contributed by atoms with Crippen molar-refractivity contribution in [3.05, 3.63) is 47.5 Å². The lowest BCUT2D eigenvalue weighted by Crippen LogP contribution is -2.13. The van der Waals surface area contributed by atoms with E-state index in [2.05, 4.69) is 5.32 Å². The van der Waals surface area contributed by atoms with E-state index in [-0.39, 0.29) is 5.91 Å². The van der Waals surface area contributed by atoms with Crippen LogP contribution in [0.3, 0.4) is 0 Å². The molecular weight excluding hydrogens is 298 g/mol. The van der Waals surface area contributed by atoms with Crippen LogP contribution in [-0.2, 0) is 0 Å². The summed E-state index contributed by atoms with van der Waals surface area (Å²) in [5.41, 5.74) is 2.23. The highest BCUT2D eigenvalue weighted by Gasteiger charge is 2.11. The van der Waals surface area contributed by atoms with Gasteiger partial charge in [0.25, 0.3) is 5.91 Å². The highest BCUT2D eigenvalue weighted by molar-refractivity contribution is 7.98. The summed E-state index contributed by atoms with van der Waals surface area (Å²) >= 11 is 1.61. The number of aryl methyl sites for hydroxylation is 1. The smallest absolute Gasteiger partial charge is 0.255 e. The summed E-state index contributed by atoms with van der Waals surface area (Å²) in [6.45, 7) is 1.92. The first-order valence-corrected chi connectivity index (χ1v) is 7.99. The lowest BCUT2D eigenvalue weighted by molar-refractivity contribution is 0.102. The average molecular weight is 317 g/mol. The number of carbonyl (C=O) groups excluding carboxylic acids is 1. The molecule has 0 unspecified atom stereocenters. The summed E-state index contributed by atoms with van der Waals surface area (Å²) in [7, 11) is 3.15. The van der Waals surface area contributed by atoms with Crippen LogP contribution in [0.5, 0.6) is 11.5 Å². The molecule has 1 amide bonds. The van der Waals surface area contributed by atoms with Gasteiger partial charge in [0.1, 0.15) is 11.5 Å². The highest BCUT2D eigenvalue weighted by atomic mass is 32.2. The lowest BCUT2D eigenvalue weighted by atomic mass is 10.1. The minimum absolute atomic E-state index is 0.149. The van der Waals surface area contributed by atoms with Crippen LogP contribution in [0, 0.1) is 6.92 Å². The Balaban J connectivity index is 2.29. The number of thioether (sulfide) groups is 1. The van der Waals surface area contributed by atoms with Gasteiger partial charge in [0, 0.05) is 34.3 Å². The summed E-state index contributed by atoms with van der Waals surface area (Å²) < 4.78 is 10.4. The van der Waals surface area contributed by atoms with E-state index in [0.717, 1.165) is 10.5 Å². The molecule has 0 spiro atoms. The molecule has 2 rings (SSSR count). The van der Waals surface area contributed by atoms with E-state index in [1.165, 1.54) is 0 Å². The van der Waals surface area contributed by atoms with Crippen LogP contribution in [0.1, 0.15) is 15.9 Å². The molecule has 5 heteroatoms. The largest absolute Gasteiger partial charge is 0.497 e. The van der Waals surface area contributed by atoms with Crippen LogP contribution in [0.4, 0.5) is 5.69 Å². The number of carbonyl (C=O) groups is 1. The van der Waals surface area contributed by atoms with E-state index < -0.39 is 0 Å². The number of nitrogens with one attached hydrogen (secondary N) is 1. The van der Waals surface area contributed by atoms with Gasteiger partial charge < -0.3 is 14.8 Å². The third-order valence-electron chi connectivity index (χ3n) is 3.30. The highest BCUT2D eigenvalue weighted by Crippen LogP contribution is 2.27. The van der Waals surface area contributed by atoms with Crippen molar-refractivity contribution >= 4 is 23.4 Å². The first kappa shape index (κ1) is 16.2. The van der Waals surface area contributed by atoms with Gasteiger partial charge in [-0.05, 0) is 30.9 Å². The Morgan fingerprint density at radius 3 is 2.23 bits per heavy atom. The zero-order chi connectivity index (χ0) is 16.1. The lowest BCUT2D eigenvalue weighted by Gasteiger charge is -2.11. The van der Waals surface area contributed by atoms with Gasteiger partial charge in [-0.2, -0.15) is 0 Å². The number of methoxy groups -OCH3 is 2. The number of anilines is 1. The zero-order valence-corrected chi connectivity index (χ0v) is 13.9. The predicted molar refractivity (Wildman–Crippen MR) is 90.5 cm³/mol. The fourth-order valence-corrected chi connectivity index (χ4v) is 2.49. The SMILES string of the molecule is COc1cc(NC(=O)c2cc(SC)ccc2C)cc(OC)c1. The molecule has 116 valence electrons. The van der Waals surface area contributed by atoms with E-state index in [1.807, 2.05) is 31.4 Å². The number of hydrogen-bond acceptors (Lipinski definition) is 4. The zero-order valence-electron chi connectivity index (χ0n) is 13.1. The molecule has 0 aromatic heterocycles. The van der Waals surface area contributed by atoms with Crippen molar-refractivity contribution in [2.24, 2.45) is 0 Å². The molecule has 0 saturated carbocycles. The molecule has 2 aromatic carbocycles. The molecule has 0 saturated heterocycles. The Morgan fingerprint density at radius 2 is 1.68 bits per heavy atom. The first-order valence-electron chi connectivity index (χ1n) is 6.76. The quantitative estimate of drug-likeness (QED) is 0.847. The normalized spacial score (nSPS) is 10.2. The fraction of sp³-hybridized carbons (Fsp3) is 0.235. The van der Waals surface area contributed by atoms with Gasteiger partial charge in [0.2, 0.25) is 0 Å². The number of ether oxygens (including phenoxy) is 2. The van der Waals surface area contributed by atoms with Crippen molar-refractivity contribution in [2.75, 3.05) is 25.8 Å². The maximum Gasteiger partial charge on any atom is 0.255 e. The van der Waals surface area contributed by atoms with Crippen LogP contribution in [0.25, 0.3) is 0 Å². The molecule has 22 heavy (non-hydrogen) atoms. The second-order valence-electron chi connectivity index (χ2n) is 4.74. The molecule has 0 radical (unpaired) electrons. The van der Waals surface area contributed by atoms with Crippen molar-refractivity contribution in [2.45, 2.75) is 11.8 Å². The number of rotatable bonds is 5. The van der Waals surface area contributed by atoms with Gasteiger partial charge in [-0.1, -0.05) is 6.07 Å². The third kappa shape index (κ3) is 3.74. The minimum Gasteiger partial charge on any atom is -0.497 e. The summed E-state index contributed by atoms with van der Waals surface area (Å²) in [6, 6.07) is 11.1. The Kier molecular flexibility index (Phi) is 5.33. The van der Waals surface area contributed by atoms with Crippen LogP contribution in [0.2, 0.25) is 0 Å². The van der Waals surface area contributed by atoms with Gasteiger partial charge >= 0.3 is 0 Å². The molecule has 0 fully saturated rings. The van der Waals surface area contributed by atoms with Crippen molar-refractivity contribution in [3.8, 4) is 11.5 Å². The molecule has 2 aromatic rings. The van der Waals surface area contributed by atoms with Gasteiger partial charge in [-0.25, -0.2) is 0 Å². The van der Waals surface area contributed by atoms with Gasteiger partial charge in [0.15, 0.2) is 0 Å². The summed E-state index contributed by atoms with van der Waals surface area (Å²) in [6.07, 6.45) is 1.99. The molecule has 1 N–H and O–H groups in total. The van der Waals surface area contributed by atoms with E-state index in [4.69, 9.17) is 9.47 Å². The van der Waals surface area contributed by atoms with Gasteiger partial charge in [-0.3, -0.25) is 4.79 Å². The Morgan fingerprint density at radius 1 is 1.05 bits per heavy atom. The van der Waals surface area contributed by atoms with E-state index >= 15 is 0 Å². The number of benzene rings is 2. The molecule has 0 bridgehead atoms. The number of hydrogen-bond donors (Lipinski definition) is 1. The number of amides is 1. The molecular formula is C17H19NO3S. The Labute approximate surface area is 134 Å². The van der Waals surface area contributed by atoms with E-state index in [9.17, 15) is 4.79 Å². The van der Waals surface area contributed by atoms with Crippen LogP contribution in [0.15, 0.2) is 41.3 Å². The average Bonchev–Trinajstić information content (AvgIpc) is 2.54. The van der Waals surface area contributed by atoms with E-state index in [0.29, 0.717) is 22.7 Å². The van der Waals surface area contributed by atoms with Crippen molar-refractivity contribution in [3.63, 3.8) is 0 Å². The molecule has 4 nitrogen and oxygen atoms in total. The summed E-state index contributed by atoms with van der Waals surface area (Å²) in [5, 5.41) is 2.89. The molecule has 0 aliphatic carbocycles. The molecule has 0 aliphatic heterocycles. The maximum absolute atomic E-state index is 12.5. The second kappa shape index (κ2) is 7.22. The standard InChI is InChI=1S/C17H19NO3S/c1-11-5-6-15(22-4)10-16(11)17(19)18-12-7-13(20-2)9-14(8-12)21-3/h5-10H,1-4H3,(H,18,19). The van der Waals surface area contributed by atoms with Crippen LogP contribution in [-0.4, -0.2) is 26.4 Å². The van der Waals surface area contributed by atoms with Crippen molar-refractivity contribution in [1.82, 2.24) is 0 Å². The molecule has 0 aliphatic rings. The first-order chi connectivity index (χ1) is 10.6. The Hall–Kier alpha value is -2.14. The molecule has 0 atom stereocenters. The van der Waals surface area contributed by atoms with Crippen LogP contribution < -0.4 is 14.8 Å². The monoisotopic (exact) mass is 317 g/mol.